The number of hydrogen-bond donors (Lipinski definition) is 1. The molecule has 27 heavy (non-hydrogen) atoms. The van der Waals surface area contributed by atoms with E-state index in [1.165, 1.54) is 0 Å². The molecule has 150 valence electrons. The van der Waals surface area contributed by atoms with Gasteiger partial charge >= 0.3 is 6.03 Å². The van der Waals surface area contributed by atoms with E-state index in [9.17, 15) is 9.59 Å². The van der Waals surface area contributed by atoms with Crippen LogP contribution in [0, 0.1) is 11.8 Å². The molecule has 1 N–H and O–H groups in total. The predicted molar refractivity (Wildman–Crippen MR) is 108 cm³/mol. The normalized spacial score (nSPS) is 16.9. The number of urea groups is 1. The Bertz CT molecular complexity index is 618. The third-order valence-electron chi connectivity index (χ3n) is 4.37. The Morgan fingerprint density at radius 2 is 1.78 bits per heavy atom. The molecule has 1 aliphatic rings. The number of carbonyl (C=O) groups is 2. The molecule has 2 rings (SSSR count). The van der Waals surface area contributed by atoms with E-state index in [1.54, 1.807) is 4.90 Å². The Hall–Kier alpha value is -2.24. The Balaban J connectivity index is 1.98. The first kappa shape index (κ1) is 21.1. The number of rotatable bonds is 8. The summed E-state index contributed by atoms with van der Waals surface area (Å²) in [6, 6.07) is 7.26. The molecule has 0 saturated carbocycles. The molecule has 3 amide bonds. The minimum Gasteiger partial charge on any atom is -0.494 e. The van der Waals surface area contributed by atoms with E-state index < -0.39 is 0 Å². The summed E-state index contributed by atoms with van der Waals surface area (Å²) in [4.78, 5) is 28.7. The largest absolute Gasteiger partial charge is 0.494 e. The maximum Gasteiger partial charge on any atom is 0.317 e. The van der Waals surface area contributed by atoms with Crippen LogP contribution in [0.25, 0.3) is 0 Å². The lowest BCUT2D eigenvalue weighted by atomic mass is 10.1. The van der Waals surface area contributed by atoms with Gasteiger partial charge in [0, 0.05) is 31.7 Å². The average molecular weight is 376 g/mol. The van der Waals surface area contributed by atoms with Gasteiger partial charge in [-0.05, 0) is 43.0 Å². The lowest BCUT2D eigenvalue weighted by Crippen LogP contribution is -2.48. The second kappa shape index (κ2) is 9.62. The molecule has 0 spiro atoms. The smallest absolute Gasteiger partial charge is 0.317 e. The number of nitrogens with one attached hydrogen (secondary N) is 1. The molecule has 0 bridgehead atoms. The first-order valence-corrected chi connectivity index (χ1v) is 9.88. The number of carbonyl (C=O) groups excluding carboxylic acids is 2. The van der Waals surface area contributed by atoms with Crippen LogP contribution in [0.3, 0.4) is 0 Å². The van der Waals surface area contributed by atoms with Gasteiger partial charge in [-0.15, -0.1) is 0 Å². The second-order valence-electron chi connectivity index (χ2n) is 7.97. The highest BCUT2D eigenvalue weighted by molar-refractivity contribution is 5.96. The van der Waals surface area contributed by atoms with Crippen molar-refractivity contribution in [1.29, 1.82) is 0 Å². The lowest BCUT2D eigenvalue weighted by Gasteiger charge is -2.28. The maximum absolute atomic E-state index is 12.7. The minimum atomic E-state index is -0.168. The third kappa shape index (κ3) is 6.15. The Morgan fingerprint density at radius 3 is 2.30 bits per heavy atom. The minimum absolute atomic E-state index is 0.0312. The van der Waals surface area contributed by atoms with Crippen LogP contribution in [0.5, 0.6) is 5.75 Å². The van der Waals surface area contributed by atoms with Gasteiger partial charge in [-0.2, -0.15) is 0 Å². The molecule has 1 aromatic carbocycles. The van der Waals surface area contributed by atoms with Gasteiger partial charge < -0.3 is 19.9 Å². The molecule has 1 aliphatic heterocycles. The molecule has 1 aromatic rings. The molecule has 1 fully saturated rings. The van der Waals surface area contributed by atoms with E-state index in [0.717, 1.165) is 11.4 Å². The molecule has 6 heteroatoms. The highest BCUT2D eigenvalue weighted by Crippen LogP contribution is 2.24. The molecule has 1 heterocycles. The molecular formula is C21H33N3O3. The fourth-order valence-electron chi connectivity index (χ4n) is 3.33. The van der Waals surface area contributed by atoms with Crippen molar-refractivity contribution in [3.05, 3.63) is 24.3 Å². The summed E-state index contributed by atoms with van der Waals surface area (Å²) < 4.78 is 5.45. The van der Waals surface area contributed by atoms with Crippen molar-refractivity contribution in [2.45, 2.75) is 47.1 Å². The van der Waals surface area contributed by atoms with Crippen molar-refractivity contribution >= 4 is 17.6 Å². The zero-order chi connectivity index (χ0) is 20.0. The van der Waals surface area contributed by atoms with Gasteiger partial charge in [0.05, 0.1) is 12.6 Å². The molecule has 1 atom stereocenters. The van der Waals surface area contributed by atoms with E-state index in [4.69, 9.17) is 4.74 Å². The molecule has 0 radical (unpaired) electrons. The number of ether oxygens (including phenoxy) is 1. The first-order valence-electron chi connectivity index (χ1n) is 9.88. The number of anilines is 1. The van der Waals surface area contributed by atoms with Gasteiger partial charge in [0.25, 0.3) is 0 Å². The van der Waals surface area contributed by atoms with Gasteiger partial charge in [-0.1, -0.05) is 27.7 Å². The number of nitrogens with zero attached hydrogens (tertiary/aromatic N) is 2. The molecule has 1 saturated heterocycles. The summed E-state index contributed by atoms with van der Waals surface area (Å²) >= 11 is 0. The highest BCUT2D eigenvalue weighted by Gasteiger charge is 2.32. The SMILES string of the molecule is CCOc1ccc(N2C[C@H](NC(=O)N(CC(C)C)CC(C)C)CC2=O)cc1. The topological polar surface area (TPSA) is 61.9 Å². The molecule has 6 nitrogen and oxygen atoms in total. The zero-order valence-electron chi connectivity index (χ0n) is 17.2. The van der Waals surface area contributed by atoms with Crippen LogP contribution in [0.15, 0.2) is 24.3 Å². The van der Waals surface area contributed by atoms with E-state index in [1.807, 2.05) is 36.1 Å². The summed E-state index contributed by atoms with van der Waals surface area (Å²) in [6.07, 6.45) is 0.330. The fourth-order valence-corrected chi connectivity index (χ4v) is 3.33. The van der Waals surface area contributed by atoms with Crippen molar-refractivity contribution in [1.82, 2.24) is 10.2 Å². The molecule has 0 aromatic heterocycles. The Labute approximate surface area is 162 Å². The van der Waals surface area contributed by atoms with Gasteiger partial charge in [0.15, 0.2) is 0 Å². The van der Waals surface area contributed by atoms with Crippen LogP contribution in [-0.2, 0) is 4.79 Å². The zero-order valence-corrected chi connectivity index (χ0v) is 17.2. The summed E-state index contributed by atoms with van der Waals surface area (Å²) in [6.45, 7) is 12.9. The van der Waals surface area contributed by atoms with E-state index in [2.05, 4.69) is 33.0 Å². The monoisotopic (exact) mass is 375 g/mol. The second-order valence-corrected chi connectivity index (χ2v) is 7.97. The number of benzene rings is 1. The Kier molecular flexibility index (Phi) is 7.51. The Morgan fingerprint density at radius 1 is 1.19 bits per heavy atom. The number of hydrogen-bond acceptors (Lipinski definition) is 3. The van der Waals surface area contributed by atoms with Crippen LogP contribution < -0.4 is 15.0 Å². The molecule has 0 aliphatic carbocycles. The van der Waals surface area contributed by atoms with Crippen LogP contribution in [-0.4, -0.2) is 49.1 Å². The van der Waals surface area contributed by atoms with Crippen LogP contribution in [0.1, 0.15) is 41.0 Å². The van der Waals surface area contributed by atoms with E-state index >= 15 is 0 Å². The van der Waals surface area contributed by atoms with Gasteiger partial charge in [0.2, 0.25) is 5.91 Å². The van der Waals surface area contributed by atoms with Gasteiger partial charge in [-0.3, -0.25) is 4.79 Å². The van der Waals surface area contributed by atoms with Crippen molar-refractivity contribution < 1.29 is 14.3 Å². The standard InChI is InChI=1S/C21H33N3O3/c1-6-27-19-9-7-18(8-10-19)24-14-17(11-20(24)25)22-21(26)23(12-15(2)3)13-16(4)5/h7-10,15-17H,6,11-14H2,1-5H3,(H,22,26)/t17-/m1/s1. The van der Waals surface area contributed by atoms with Gasteiger partial charge in [0.1, 0.15) is 5.75 Å². The third-order valence-corrected chi connectivity index (χ3v) is 4.37. The maximum atomic E-state index is 12.7. The van der Waals surface area contributed by atoms with Gasteiger partial charge in [-0.25, -0.2) is 4.79 Å². The van der Waals surface area contributed by atoms with Crippen LogP contribution >= 0.6 is 0 Å². The van der Waals surface area contributed by atoms with E-state index in [-0.39, 0.29) is 18.0 Å². The van der Waals surface area contributed by atoms with Crippen molar-refractivity contribution in [2.24, 2.45) is 11.8 Å². The van der Waals surface area contributed by atoms with Crippen molar-refractivity contribution in [3.8, 4) is 5.75 Å². The van der Waals surface area contributed by atoms with Crippen LogP contribution in [0.4, 0.5) is 10.5 Å². The first-order chi connectivity index (χ1) is 12.8. The molecular weight excluding hydrogens is 342 g/mol. The lowest BCUT2D eigenvalue weighted by molar-refractivity contribution is -0.117. The summed E-state index contributed by atoms with van der Waals surface area (Å²) in [5, 5.41) is 3.05. The van der Waals surface area contributed by atoms with E-state index in [0.29, 0.717) is 44.5 Å². The fraction of sp³-hybridized carbons (Fsp3) is 0.619. The number of amides is 3. The summed E-state index contributed by atoms with van der Waals surface area (Å²) in [7, 11) is 0. The molecule has 0 unspecified atom stereocenters. The summed E-state index contributed by atoms with van der Waals surface area (Å²) in [5.74, 6) is 1.62. The van der Waals surface area contributed by atoms with Crippen molar-refractivity contribution in [2.75, 3.05) is 31.1 Å². The van der Waals surface area contributed by atoms with Crippen LogP contribution in [0.2, 0.25) is 0 Å². The van der Waals surface area contributed by atoms with Crippen molar-refractivity contribution in [3.63, 3.8) is 0 Å². The summed E-state index contributed by atoms with van der Waals surface area (Å²) in [5.41, 5.74) is 0.835. The quantitative estimate of drug-likeness (QED) is 0.756. The highest BCUT2D eigenvalue weighted by atomic mass is 16.5. The predicted octanol–water partition coefficient (Wildman–Crippen LogP) is 3.51. The average Bonchev–Trinajstić information content (AvgIpc) is 2.94.